The van der Waals surface area contributed by atoms with Gasteiger partial charge in [-0.15, -0.1) is 0 Å². The monoisotopic (exact) mass is 425 g/mol. The number of carbonyl (C=O) groups excluding carboxylic acids is 1. The highest BCUT2D eigenvalue weighted by Crippen LogP contribution is 2.27. The van der Waals surface area contributed by atoms with Crippen LogP contribution < -0.4 is 14.8 Å². The summed E-state index contributed by atoms with van der Waals surface area (Å²) >= 11 is 0. The number of piperidine rings is 1. The highest BCUT2D eigenvalue weighted by Gasteiger charge is 2.26. The lowest BCUT2D eigenvalue weighted by Gasteiger charge is -2.34. The van der Waals surface area contributed by atoms with Crippen LogP contribution in [0.2, 0.25) is 0 Å². The molecule has 1 aliphatic heterocycles. The molecule has 0 radical (unpaired) electrons. The fraction of sp³-hybridized carbons (Fsp3) is 0.667. The second-order valence-electron chi connectivity index (χ2n) is 8.78. The second-order valence-corrected chi connectivity index (χ2v) is 10.5. The van der Waals surface area contributed by atoms with Crippen molar-refractivity contribution >= 4 is 16.1 Å². The minimum absolute atomic E-state index is 0.0585. The molecule has 2 amide bonds. The summed E-state index contributed by atoms with van der Waals surface area (Å²) in [5.74, 6) is 0.959. The van der Waals surface area contributed by atoms with E-state index in [0.717, 1.165) is 29.7 Å². The standard InChI is InChI=1S/C21H35N3O4S/c1-7-28-19-15(2)12-18(13-16(19)3)29(26,27)22-14-17-8-10-24(11-9-17)20(25)23-21(4,5)6/h12-13,17,22H,7-11,14H2,1-6H3,(H,23,25). The summed E-state index contributed by atoms with van der Waals surface area (Å²) in [6.07, 6.45) is 1.56. The quantitative estimate of drug-likeness (QED) is 0.733. The summed E-state index contributed by atoms with van der Waals surface area (Å²) in [5, 5.41) is 2.97. The summed E-state index contributed by atoms with van der Waals surface area (Å²) in [6, 6.07) is 3.25. The molecule has 29 heavy (non-hydrogen) atoms. The molecule has 0 saturated carbocycles. The molecule has 7 nitrogen and oxygen atoms in total. The Morgan fingerprint density at radius 1 is 1.17 bits per heavy atom. The van der Waals surface area contributed by atoms with Crippen LogP contribution in [-0.2, 0) is 10.0 Å². The summed E-state index contributed by atoms with van der Waals surface area (Å²) in [5.41, 5.74) is 1.35. The van der Waals surface area contributed by atoms with Crippen LogP contribution in [0.15, 0.2) is 17.0 Å². The van der Waals surface area contributed by atoms with E-state index >= 15 is 0 Å². The van der Waals surface area contributed by atoms with E-state index in [9.17, 15) is 13.2 Å². The average molecular weight is 426 g/mol. The van der Waals surface area contributed by atoms with E-state index in [2.05, 4.69) is 10.0 Å². The molecule has 1 aliphatic rings. The summed E-state index contributed by atoms with van der Waals surface area (Å²) in [6.45, 7) is 13.7. The molecular weight excluding hydrogens is 390 g/mol. The molecule has 1 aromatic carbocycles. The maximum atomic E-state index is 12.8. The van der Waals surface area contributed by atoms with Crippen molar-refractivity contribution < 1.29 is 17.9 Å². The summed E-state index contributed by atoms with van der Waals surface area (Å²) in [7, 11) is -3.59. The molecule has 0 atom stereocenters. The van der Waals surface area contributed by atoms with Gasteiger partial charge in [-0.3, -0.25) is 0 Å². The van der Waals surface area contributed by atoms with E-state index in [4.69, 9.17) is 4.74 Å². The van der Waals surface area contributed by atoms with Crippen molar-refractivity contribution in [2.24, 2.45) is 5.92 Å². The number of rotatable bonds is 6. The van der Waals surface area contributed by atoms with E-state index < -0.39 is 10.0 Å². The fourth-order valence-electron chi connectivity index (χ4n) is 3.49. The molecule has 2 N–H and O–H groups in total. The van der Waals surface area contributed by atoms with E-state index in [1.807, 2.05) is 41.5 Å². The van der Waals surface area contributed by atoms with E-state index in [0.29, 0.717) is 26.2 Å². The zero-order valence-corrected chi connectivity index (χ0v) is 19.3. The van der Waals surface area contributed by atoms with Crippen LogP contribution in [-0.4, -0.2) is 51.1 Å². The molecule has 164 valence electrons. The Kier molecular flexibility index (Phi) is 7.56. The van der Waals surface area contributed by atoms with Crippen LogP contribution >= 0.6 is 0 Å². The van der Waals surface area contributed by atoms with Gasteiger partial charge in [0.25, 0.3) is 0 Å². The SMILES string of the molecule is CCOc1c(C)cc(S(=O)(=O)NCC2CCN(C(=O)NC(C)(C)C)CC2)cc1C. The van der Waals surface area contributed by atoms with Gasteiger partial charge in [-0.25, -0.2) is 17.9 Å². The molecule has 0 unspecified atom stereocenters. The fourth-order valence-corrected chi connectivity index (χ4v) is 4.77. The normalized spacial score (nSPS) is 16.0. The number of hydrogen-bond acceptors (Lipinski definition) is 4. The molecule has 0 spiro atoms. The lowest BCUT2D eigenvalue weighted by Crippen LogP contribution is -2.51. The number of sulfonamides is 1. The van der Waals surface area contributed by atoms with E-state index in [1.165, 1.54) is 0 Å². The third kappa shape index (κ3) is 6.60. The summed E-state index contributed by atoms with van der Waals surface area (Å²) in [4.78, 5) is 14.3. The number of hydrogen-bond donors (Lipinski definition) is 2. The molecule has 8 heteroatoms. The van der Waals surface area contributed by atoms with Crippen molar-refractivity contribution in [1.82, 2.24) is 14.9 Å². The molecule has 2 rings (SSSR count). The molecule has 0 aliphatic carbocycles. The third-order valence-corrected chi connectivity index (χ3v) is 6.38. The first-order valence-electron chi connectivity index (χ1n) is 10.2. The van der Waals surface area contributed by atoms with Gasteiger partial charge in [0.15, 0.2) is 0 Å². The Hall–Kier alpha value is -1.80. The van der Waals surface area contributed by atoms with Gasteiger partial charge in [0.05, 0.1) is 11.5 Å². The summed E-state index contributed by atoms with van der Waals surface area (Å²) < 4.78 is 33.8. The predicted octanol–water partition coefficient (Wildman–Crippen LogP) is 3.20. The highest BCUT2D eigenvalue weighted by molar-refractivity contribution is 7.89. The smallest absolute Gasteiger partial charge is 0.317 e. The van der Waals surface area contributed by atoms with Gasteiger partial charge >= 0.3 is 6.03 Å². The number of carbonyl (C=O) groups is 1. The molecule has 1 fully saturated rings. The molecule has 1 saturated heterocycles. The number of amides is 2. The topological polar surface area (TPSA) is 87.7 Å². The number of ether oxygens (including phenoxy) is 1. The lowest BCUT2D eigenvalue weighted by molar-refractivity contribution is 0.163. The van der Waals surface area contributed by atoms with Gasteiger partial charge in [-0.05, 0) is 83.6 Å². The number of nitrogens with one attached hydrogen (secondary N) is 2. The molecular formula is C21H35N3O4S. The highest BCUT2D eigenvalue weighted by atomic mass is 32.2. The Labute approximate surface area is 175 Å². The van der Waals surface area contributed by atoms with Crippen LogP contribution in [0.5, 0.6) is 5.75 Å². The number of urea groups is 1. The zero-order valence-electron chi connectivity index (χ0n) is 18.5. The van der Waals surface area contributed by atoms with Crippen molar-refractivity contribution in [2.45, 2.75) is 64.8 Å². The van der Waals surface area contributed by atoms with E-state index in [-0.39, 0.29) is 22.4 Å². The molecule has 1 aromatic rings. The van der Waals surface area contributed by atoms with Gasteiger partial charge in [0.1, 0.15) is 5.75 Å². The Morgan fingerprint density at radius 3 is 2.21 bits per heavy atom. The third-order valence-electron chi connectivity index (χ3n) is 4.98. The Morgan fingerprint density at radius 2 is 1.72 bits per heavy atom. The number of likely N-dealkylation sites (tertiary alicyclic amines) is 1. The maximum absolute atomic E-state index is 12.8. The zero-order chi connectivity index (χ0) is 21.8. The van der Waals surface area contributed by atoms with Gasteiger partial charge in [-0.1, -0.05) is 0 Å². The van der Waals surface area contributed by atoms with Crippen molar-refractivity contribution in [3.63, 3.8) is 0 Å². The number of aryl methyl sites for hydroxylation is 2. The molecule has 0 aromatic heterocycles. The first-order valence-corrected chi connectivity index (χ1v) is 11.7. The van der Waals surface area contributed by atoms with Crippen molar-refractivity contribution in [2.75, 3.05) is 26.2 Å². The number of nitrogens with zero attached hydrogens (tertiary/aromatic N) is 1. The van der Waals surface area contributed by atoms with Gasteiger partial charge < -0.3 is 15.0 Å². The van der Waals surface area contributed by atoms with Gasteiger partial charge in [0, 0.05) is 25.2 Å². The minimum Gasteiger partial charge on any atom is -0.493 e. The van der Waals surface area contributed by atoms with Crippen molar-refractivity contribution in [3.05, 3.63) is 23.3 Å². The van der Waals surface area contributed by atoms with Crippen LogP contribution in [0.4, 0.5) is 4.79 Å². The average Bonchev–Trinajstić information content (AvgIpc) is 2.62. The van der Waals surface area contributed by atoms with Crippen molar-refractivity contribution in [1.29, 1.82) is 0 Å². The first-order chi connectivity index (χ1) is 13.4. The Balaban J connectivity index is 1.93. The second kappa shape index (κ2) is 9.34. The van der Waals surface area contributed by atoms with Crippen molar-refractivity contribution in [3.8, 4) is 5.75 Å². The molecule has 0 bridgehead atoms. The minimum atomic E-state index is -3.59. The lowest BCUT2D eigenvalue weighted by atomic mass is 9.97. The largest absolute Gasteiger partial charge is 0.493 e. The maximum Gasteiger partial charge on any atom is 0.317 e. The predicted molar refractivity (Wildman–Crippen MR) is 115 cm³/mol. The van der Waals surface area contributed by atoms with Gasteiger partial charge in [0.2, 0.25) is 10.0 Å². The molecule has 1 heterocycles. The van der Waals surface area contributed by atoms with Crippen LogP contribution in [0.25, 0.3) is 0 Å². The Bertz CT molecular complexity index is 800. The van der Waals surface area contributed by atoms with Crippen LogP contribution in [0.3, 0.4) is 0 Å². The van der Waals surface area contributed by atoms with Crippen LogP contribution in [0, 0.1) is 19.8 Å². The number of benzene rings is 1. The van der Waals surface area contributed by atoms with Gasteiger partial charge in [-0.2, -0.15) is 0 Å². The van der Waals surface area contributed by atoms with E-state index in [1.54, 1.807) is 17.0 Å². The van der Waals surface area contributed by atoms with Crippen LogP contribution in [0.1, 0.15) is 51.7 Å². The first kappa shape index (κ1) is 23.5.